The number of carbonyl (C=O) groups excluding carboxylic acids is 1. The van der Waals surface area contributed by atoms with E-state index >= 15 is 0 Å². The van der Waals surface area contributed by atoms with Gasteiger partial charge in [0.15, 0.2) is 0 Å². The molecule has 196 valence electrons. The number of hydrogen-bond donors (Lipinski definition) is 3. The van der Waals surface area contributed by atoms with E-state index in [4.69, 9.17) is 0 Å². The van der Waals surface area contributed by atoms with Gasteiger partial charge in [0.05, 0.1) is 29.2 Å². The molecular weight excluding hydrogens is 475 g/mol. The highest BCUT2D eigenvalue weighted by molar-refractivity contribution is 5.94. The van der Waals surface area contributed by atoms with Gasteiger partial charge in [-0.1, -0.05) is 32.9 Å². The number of carbonyl (C=O) groups is 2. The summed E-state index contributed by atoms with van der Waals surface area (Å²) in [6, 6.07) is 9.94. The van der Waals surface area contributed by atoms with Crippen LogP contribution in [0.4, 0.5) is 9.18 Å². The summed E-state index contributed by atoms with van der Waals surface area (Å²) < 4.78 is 13.3. The van der Waals surface area contributed by atoms with E-state index in [-0.39, 0.29) is 23.7 Å². The molecule has 3 aromatic rings. The average molecular weight is 509 g/mol. The Labute approximate surface area is 215 Å². The monoisotopic (exact) mass is 508 g/mol. The normalized spacial score (nSPS) is 17.6. The summed E-state index contributed by atoms with van der Waals surface area (Å²) >= 11 is 0. The second kappa shape index (κ2) is 10.6. The second-order valence-corrected chi connectivity index (χ2v) is 10.4. The average Bonchev–Trinajstić information content (AvgIpc) is 3.51. The molecule has 2 aromatic heterocycles. The molecule has 2 amide bonds. The van der Waals surface area contributed by atoms with E-state index in [1.54, 1.807) is 35.4 Å². The number of rotatable bonds is 8. The lowest BCUT2D eigenvalue weighted by atomic mass is 9.71. The number of nitrogens with one attached hydrogen (secondary N) is 2. The van der Waals surface area contributed by atoms with Gasteiger partial charge in [0.2, 0.25) is 0 Å². The zero-order chi connectivity index (χ0) is 26.6. The molecule has 37 heavy (non-hydrogen) atoms. The van der Waals surface area contributed by atoms with Crippen LogP contribution < -0.4 is 10.7 Å². The fraction of sp³-hybridized carbons (Fsp3) is 0.407. The number of aromatic nitrogens is 3. The third-order valence-electron chi connectivity index (χ3n) is 7.14. The van der Waals surface area contributed by atoms with Crippen molar-refractivity contribution in [2.45, 2.75) is 45.6 Å². The number of pyridine rings is 1. The van der Waals surface area contributed by atoms with Gasteiger partial charge in [0.1, 0.15) is 5.82 Å². The van der Waals surface area contributed by atoms with Crippen LogP contribution in [0.2, 0.25) is 0 Å². The van der Waals surface area contributed by atoms with Crippen molar-refractivity contribution in [1.82, 2.24) is 25.1 Å². The maximum Gasteiger partial charge on any atom is 0.407 e. The first-order chi connectivity index (χ1) is 17.6. The van der Waals surface area contributed by atoms with Gasteiger partial charge in [-0.15, -0.1) is 0 Å². The third kappa shape index (κ3) is 5.73. The highest BCUT2D eigenvalue weighted by Crippen LogP contribution is 2.43. The van der Waals surface area contributed by atoms with E-state index in [2.05, 4.69) is 20.8 Å². The molecule has 3 heterocycles. The molecule has 10 heteroatoms. The van der Waals surface area contributed by atoms with Crippen molar-refractivity contribution in [3.8, 4) is 11.3 Å². The Morgan fingerprint density at radius 1 is 1.19 bits per heavy atom. The summed E-state index contributed by atoms with van der Waals surface area (Å²) in [6.07, 6.45) is 6.12. The first-order valence-electron chi connectivity index (χ1n) is 12.4. The highest BCUT2D eigenvalue weighted by Gasteiger charge is 2.51. The van der Waals surface area contributed by atoms with Crippen LogP contribution in [0, 0.1) is 11.2 Å². The fourth-order valence-corrected chi connectivity index (χ4v) is 4.96. The fourth-order valence-electron chi connectivity index (χ4n) is 4.96. The minimum absolute atomic E-state index is 0.234. The van der Waals surface area contributed by atoms with Crippen LogP contribution in [0.5, 0.6) is 0 Å². The zero-order valence-electron chi connectivity index (χ0n) is 21.4. The Balaban J connectivity index is 1.35. The smallest absolute Gasteiger partial charge is 0.407 e. The summed E-state index contributed by atoms with van der Waals surface area (Å²) in [7, 11) is 0. The number of hydrogen-bond acceptors (Lipinski definition) is 5. The summed E-state index contributed by atoms with van der Waals surface area (Å²) in [6.45, 7) is 7.30. The summed E-state index contributed by atoms with van der Waals surface area (Å²) in [4.78, 5) is 32.2. The molecule has 0 radical (unpaired) electrons. The largest absolute Gasteiger partial charge is 0.465 e. The van der Waals surface area contributed by atoms with E-state index in [1.165, 1.54) is 23.2 Å². The molecule has 0 bridgehead atoms. The first kappa shape index (κ1) is 26.1. The molecule has 1 aliphatic rings. The molecule has 3 N–H and O–H groups in total. The van der Waals surface area contributed by atoms with Crippen molar-refractivity contribution in [3.63, 3.8) is 0 Å². The number of benzene rings is 1. The lowest BCUT2D eigenvalue weighted by Gasteiger charge is -2.47. The predicted octanol–water partition coefficient (Wildman–Crippen LogP) is 4.16. The molecule has 0 unspecified atom stereocenters. The Morgan fingerprint density at radius 3 is 2.68 bits per heavy atom. The van der Waals surface area contributed by atoms with Gasteiger partial charge < -0.3 is 20.7 Å². The van der Waals surface area contributed by atoms with E-state index < -0.39 is 11.6 Å². The standard InChI is InChI=1S/C27H33FN6O3/c1-26(2,3)27(11-5-13-33(27)25(36)37)18-30-24(35)20-8-9-23(29-15-20)21-16-32-34(17-21)31-12-10-19-6-4-7-22(28)14-19/h4,6-9,14-17,31H,5,10-13,18H2,1-3H3,(H,30,35)(H,36,37)/t27-/m0/s1. The molecule has 4 rings (SSSR count). The van der Waals surface area contributed by atoms with Gasteiger partial charge >= 0.3 is 6.09 Å². The molecule has 0 spiro atoms. The van der Waals surface area contributed by atoms with E-state index in [0.29, 0.717) is 37.2 Å². The predicted molar refractivity (Wildman–Crippen MR) is 138 cm³/mol. The minimum Gasteiger partial charge on any atom is -0.465 e. The van der Waals surface area contributed by atoms with Gasteiger partial charge in [0, 0.05) is 31.4 Å². The van der Waals surface area contributed by atoms with Crippen molar-refractivity contribution in [2.24, 2.45) is 5.41 Å². The van der Waals surface area contributed by atoms with Crippen molar-refractivity contribution in [1.29, 1.82) is 0 Å². The number of nitrogens with zero attached hydrogens (tertiary/aromatic N) is 4. The summed E-state index contributed by atoms with van der Waals surface area (Å²) in [5.74, 6) is -0.550. The quantitative estimate of drug-likeness (QED) is 0.421. The molecule has 1 fully saturated rings. The Hall–Kier alpha value is -3.95. The molecule has 0 saturated carbocycles. The van der Waals surface area contributed by atoms with Gasteiger partial charge in [-0.3, -0.25) is 9.78 Å². The summed E-state index contributed by atoms with van der Waals surface area (Å²) in [5, 5.41) is 16.9. The molecule has 0 aliphatic carbocycles. The lowest BCUT2D eigenvalue weighted by molar-refractivity contribution is 0.0300. The molecular formula is C27H33FN6O3. The van der Waals surface area contributed by atoms with Crippen LogP contribution in [0.1, 0.15) is 49.5 Å². The molecule has 9 nitrogen and oxygen atoms in total. The van der Waals surface area contributed by atoms with Crippen molar-refractivity contribution < 1.29 is 19.1 Å². The lowest BCUT2D eigenvalue weighted by Crippen LogP contribution is -2.61. The Bertz CT molecular complexity index is 1250. The van der Waals surface area contributed by atoms with Crippen molar-refractivity contribution in [3.05, 3.63) is 71.9 Å². The van der Waals surface area contributed by atoms with Crippen LogP contribution in [0.15, 0.2) is 55.0 Å². The van der Waals surface area contributed by atoms with Gasteiger partial charge in [-0.2, -0.15) is 9.89 Å². The third-order valence-corrected chi connectivity index (χ3v) is 7.14. The minimum atomic E-state index is -0.961. The van der Waals surface area contributed by atoms with Crippen LogP contribution in [-0.2, 0) is 6.42 Å². The maximum atomic E-state index is 13.3. The van der Waals surface area contributed by atoms with Crippen LogP contribution >= 0.6 is 0 Å². The molecule has 1 atom stereocenters. The van der Waals surface area contributed by atoms with Crippen molar-refractivity contribution >= 4 is 12.0 Å². The van der Waals surface area contributed by atoms with Gasteiger partial charge in [-0.25, -0.2) is 9.18 Å². The second-order valence-electron chi connectivity index (χ2n) is 10.4. The highest BCUT2D eigenvalue weighted by atomic mass is 19.1. The van der Waals surface area contributed by atoms with Crippen molar-refractivity contribution in [2.75, 3.05) is 25.1 Å². The topological polar surface area (TPSA) is 112 Å². The Kier molecular flexibility index (Phi) is 7.47. The molecule has 1 saturated heterocycles. The first-order valence-corrected chi connectivity index (χ1v) is 12.4. The van der Waals surface area contributed by atoms with Gasteiger partial charge in [0.25, 0.3) is 5.91 Å². The van der Waals surface area contributed by atoms with E-state index in [1.807, 2.05) is 26.8 Å². The van der Waals surface area contributed by atoms with Gasteiger partial charge in [-0.05, 0) is 54.5 Å². The number of likely N-dealkylation sites (tertiary alicyclic amines) is 1. The maximum absolute atomic E-state index is 13.3. The van der Waals surface area contributed by atoms with Crippen LogP contribution in [0.3, 0.4) is 0 Å². The summed E-state index contributed by atoms with van der Waals surface area (Å²) in [5.41, 5.74) is 4.87. The molecule has 1 aliphatic heterocycles. The molecule has 1 aromatic carbocycles. The van der Waals surface area contributed by atoms with E-state index in [9.17, 15) is 19.1 Å². The van der Waals surface area contributed by atoms with Crippen LogP contribution in [-0.4, -0.2) is 62.1 Å². The number of carboxylic acid groups (broad SMARTS) is 1. The van der Waals surface area contributed by atoms with E-state index in [0.717, 1.165) is 17.5 Å². The Morgan fingerprint density at radius 2 is 2.00 bits per heavy atom. The van der Waals surface area contributed by atoms with Crippen LogP contribution in [0.25, 0.3) is 11.3 Å². The number of halogens is 1. The zero-order valence-corrected chi connectivity index (χ0v) is 21.4. The number of amides is 2. The SMILES string of the molecule is CC(C)(C)[C@@]1(CNC(=O)c2ccc(-c3cnn(NCCc4cccc(F)c4)c3)nc2)CCCN1C(=O)O.